The molecule has 0 saturated carbocycles. The monoisotopic (exact) mass is 246 g/mol. The predicted molar refractivity (Wildman–Crippen MR) is 65.5 cm³/mol. The Kier molecular flexibility index (Phi) is 3.35. The van der Waals surface area contributed by atoms with Crippen LogP contribution >= 0.6 is 11.3 Å². The summed E-state index contributed by atoms with van der Waals surface area (Å²) < 4.78 is 4.91. The summed E-state index contributed by atoms with van der Waals surface area (Å²) in [5.41, 5.74) is 0.628. The number of rotatable bonds is 3. The first-order valence-electron chi connectivity index (χ1n) is 5.05. The Morgan fingerprint density at radius 2 is 1.76 bits per heavy atom. The van der Waals surface area contributed by atoms with Crippen molar-refractivity contribution in [3.05, 3.63) is 52.9 Å². The van der Waals surface area contributed by atoms with Crippen LogP contribution in [0.5, 0.6) is 5.06 Å². The third-order valence-corrected chi connectivity index (χ3v) is 3.05. The smallest absolute Gasteiger partial charge is 0.308 e. The van der Waals surface area contributed by atoms with Gasteiger partial charge in [-0.15, -0.1) is 0 Å². The van der Waals surface area contributed by atoms with Crippen LogP contribution in [0.2, 0.25) is 0 Å². The lowest BCUT2D eigenvalue weighted by Gasteiger charge is -1.97. The van der Waals surface area contributed by atoms with Gasteiger partial charge in [-0.05, 0) is 12.1 Å². The van der Waals surface area contributed by atoms with Gasteiger partial charge >= 0.3 is 5.97 Å². The first-order chi connectivity index (χ1) is 8.16. The van der Waals surface area contributed by atoms with Crippen LogP contribution < -0.4 is 4.74 Å². The maximum Gasteiger partial charge on any atom is 0.308 e. The van der Waals surface area contributed by atoms with Crippen LogP contribution in [0.1, 0.15) is 22.2 Å². The van der Waals surface area contributed by atoms with Crippen LogP contribution in [-0.4, -0.2) is 11.8 Å². The van der Waals surface area contributed by atoms with E-state index < -0.39 is 0 Å². The molecule has 3 nitrogen and oxygen atoms in total. The number of carbonyl (C=O) groups excluding carboxylic acids is 2. The Morgan fingerprint density at radius 3 is 2.41 bits per heavy atom. The van der Waals surface area contributed by atoms with Crippen molar-refractivity contribution < 1.29 is 14.3 Å². The lowest BCUT2D eigenvalue weighted by atomic mass is 10.1. The summed E-state index contributed by atoms with van der Waals surface area (Å²) in [4.78, 5) is 23.3. The molecule has 4 heteroatoms. The second kappa shape index (κ2) is 4.93. The summed E-state index contributed by atoms with van der Waals surface area (Å²) in [6, 6.07) is 12.3. The first-order valence-corrected chi connectivity index (χ1v) is 5.86. The molecule has 86 valence electrons. The Hall–Kier alpha value is -1.94. The van der Waals surface area contributed by atoms with Crippen molar-refractivity contribution in [2.45, 2.75) is 6.92 Å². The van der Waals surface area contributed by atoms with E-state index in [0.717, 1.165) is 0 Å². The maximum absolute atomic E-state index is 12.0. The minimum absolute atomic E-state index is 0.0611. The molecule has 0 aliphatic heterocycles. The molecule has 0 amide bonds. The number of thiophene rings is 1. The normalized spacial score (nSPS) is 9.94. The van der Waals surface area contributed by atoms with E-state index in [0.29, 0.717) is 15.5 Å². The van der Waals surface area contributed by atoms with Crippen molar-refractivity contribution in [3.63, 3.8) is 0 Å². The molecule has 0 unspecified atom stereocenters. The van der Waals surface area contributed by atoms with Crippen LogP contribution in [0.4, 0.5) is 0 Å². The molecule has 17 heavy (non-hydrogen) atoms. The molecule has 1 aromatic carbocycles. The van der Waals surface area contributed by atoms with Crippen molar-refractivity contribution in [3.8, 4) is 5.06 Å². The minimum Gasteiger partial charge on any atom is -0.416 e. The number of hydrogen-bond donors (Lipinski definition) is 0. The predicted octanol–water partition coefficient (Wildman–Crippen LogP) is 2.90. The van der Waals surface area contributed by atoms with Crippen molar-refractivity contribution in [1.29, 1.82) is 0 Å². The molecule has 0 saturated heterocycles. The third kappa shape index (κ3) is 2.79. The molecule has 1 aromatic heterocycles. The van der Waals surface area contributed by atoms with Crippen LogP contribution in [0.15, 0.2) is 42.5 Å². The highest BCUT2D eigenvalue weighted by Crippen LogP contribution is 2.26. The van der Waals surface area contributed by atoms with Crippen LogP contribution in [0, 0.1) is 0 Å². The number of esters is 1. The van der Waals surface area contributed by atoms with Crippen LogP contribution in [-0.2, 0) is 4.79 Å². The van der Waals surface area contributed by atoms with Gasteiger partial charge in [-0.3, -0.25) is 9.59 Å². The van der Waals surface area contributed by atoms with Gasteiger partial charge in [0.1, 0.15) is 0 Å². The molecule has 0 atom stereocenters. The van der Waals surface area contributed by atoms with Gasteiger partial charge in [0.25, 0.3) is 0 Å². The molecular formula is C13H10O3S. The average molecular weight is 246 g/mol. The van der Waals surface area contributed by atoms with E-state index >= 15 is 0 Å². The molecule has 1 heterocycles. The van der Waals surface area contributed by atoms with E-state index in [-0.39, 0.29) is 11.8 Å². The molecule has 2 aromatic rings. The highest BCUT2D eigenvalue weighted by molar-refractivity contribution is 7.16. The number of benzene rings is 1. The van der Waals surface area contributed by atoms with Gasteiger partial charge in [-0.25, -0.2) is 0 Å². The van der Waals surface area contributed by atoms with E-state index in [4.69, 9.17) is 4.74 Å². The van der Waals surface area contributed by atoms with Crippen molar-refractivity contribution in [1.82, 2.24) is 0 Å². The fourth-order valence-corrected chi connectivity index (χ4v) is 2.23. The highest BCUT2D eigenvalue weighted by atomic mass is 32.1. The molecular weight excluding hydrogens is 236 g/mol. The van der Waals surface area contributed by atoms with E-state index in [1.807, 2.05) is 18.2 Å². The topological polar surface area (TPSA) is 43.4 Å². The van der Waals surface area contributed by atoms with Crippen LogP contribution in [0.25, 0.3) is 0 Å². The zero-order valence-corrected chi connectivity index (χ0v) is 9.99. The molecule has 0 fully saturated rings. The summed E-state index contributed by atoms with van der Waals surface area (Å²) in [6.07, 6.45) is 0. The molecule has 0 aliphatic carbocycles. The lowest BCUT2D eigenvalue weighted by molar-refractivity contribution is -0.131. The maximum atomic E-state index is 12.0. The summed E-state index contributed by atoms with van der Waals surface area (Å²) in [5.74, 6) is -0.445. The Labute approximate surface area is 103 Å². The summed E-state index contributed by atoms with van der Waals surface area (Å²) >= 11 is 1.17. The molecule has 0 spiro atoms. The third-order valence-electron chi connectivity index (χ3n) is 2.09. The van der Waals surface area contributed by atoms with E-state index in [1.54, 1.807) is 24.3 Å². The van der Waals surface area contributed by atoms with Gasteiger partial charge < -0.3 is 4.74 Å². The van der Waals surface area contributed by atoms with Gasteiger partial charge in [0, 0.05) is 12.5 Å². The number of ketones is 1. The van der Waals surface area contributed by atoms with Gasteiger partial charge in [-0.2, -0.15) is 0 Å². The standard InChI is InChI=1S/C13H10O3S/c1-9(14)16-12-8-7-11(17-12)13(15)10-5-3-2-4-6-10/h2-8H,1H3. The summed E-state index contributed by atoms with van der Waals surface area (Å²) in [7, 11) is 0. The lowest BCUT2D eigenvalue weighted by Crippen LogP contribution is -1.99. The van der Waals surface area contributed by atoms with Gasteiger partial charge in [0.05, 0.1) is 4.88 Å². The fraction of sp³-hybridized carbons (Fsp3) is 0.0769. The van der Waals surface area contributed by atoms with E-state index in [2.05, 4.69) is 0 Å². The second-order valence-corrected chi connectivity index (χ2v) is 4.45. The number of ether oxygens (including phenoxy) is 1. The Balaban J connectivity index is 2.21. The zero-order chi connectivity index (χ0) is 12.3. The molecule has 2 rings (SSSR count). The first kappa shape index (κ1) is 11.5. The molecule has 0 radical (unpaired) electrons. The molecule has 0 aliphatic rings. The van der Waals surface area contributed by atoms with Gasteiger partial charge in [0.2, 0.25) is 5.78 Å². The number of hydrogen-bond acceptors (Lipinski definition) is 4. The zero-order valence-electron chi connectivity index (χ0n) is 9.17. The SMILES string of the molecule is CC(=O)Oc1ccc(C(=O)c2ccccc2)s1. The fourth-order valence-electron chi connectivity index (χ4n) is 1.37. The number of carbonyl (C=O) groups is 2. The molecule has 0 N–H and O–H groups in total. The minimum atomic E-state index is -0.384. The van der Waals surface area contributed by atoms with E-state index in [9.17, 15) is 9.59 Å². The van der Waals surface area contributed by atoms with Crippen molar-refractivity contribution >= 4 is 23.1 Å². The quantitative estimate of drug-likeness (QED) is 0.617. The summed E-state index contributed by atoms with van der Waals surface area (Å²) in [6.45, 7) is 1.33. The van der Waals surface area contributed by atoms with Crippen molar-refractivity contribution in [2.75, 3.05) is 0 Å². The average Bonchev–Trinajstić information content (AvgIpc) is 2.77. The van der Waals surface area contributed by atoms with Crippen LogP contribution in [0.3, 0.4) is 0 Å². The highest BCUT2D eigenvalue weighted by Gasteiger charge is 2.12. The largest absolute Gasteiger partial charge is 0.416 e. The van der Waals surface area contributed by atoms with E-state index in [1.165, 1.54) is 18.3 Å². The van der Waals surface area contributed by atoms with Crippen molar-refractivity contribution in [2.24, 2.45) is 0 Å². The summed E-state index contributed by atoms with van der Waals surface area (Å²) in [5, 5.41) is 0.441. The van der Waals surface area contributed by atoms with Gasteiger partial charge in [0.15, 0.2) is 5.06 Å². The second-order valence-electron chi connectivity index (χ2n) is 3.41. The van der Waals surface area contributed by atoms with Gasteiger partial charge in [-0.1, -0.05) is 41.7 Å². The Morgan fingerprint density at radius 1 is 1.06 bits per heavy atom. The Bertz CT molecular complexity index is 543. The molecule has 0 bridgehead atoms.